The summed E-state index contributed by atoms with van der Waals surface area (Å²) in [6.45, 7) is 3.68. The summed E-state index contributed by atoms with van der Waals surface area (Å²) in [5.74, 6) is 0.223. The molecule has 1 aliphatic rings. The molecule has 1 heterocycles. The number of rotatable bonds is 5. The summed E-state index contributed by atoms with van der Waals surface area (Å²) < 4.78 is 22.7. The number of anilines is 1. The smallest absolute Gasteiger partial charge is 0.149 e. The van der Waals surface area contributed by atoms with E-state index in [0.29, 0.717) is 12.6 Å². The fourth-order valence-electron chi connectivity index (χ4n) is 2.64. The van der Waals surface area contributed by atoms with Crippen LogP contribution in [-0.4, -0.2) is 40.6 Å². The molecule has 112 valence electrons. The Bertz CT molecular complexity index is 569. The lowest BCUT2D eigenvalue weighted by molar-refractivity contribution is 0.598. The largest absolute Gasteiger partial charge is 0.370 e. The van der Waals surface area contributed by atoms with Gasteiger partial charge in [-0.3, -0.25) is 0 Å². The van der Waals surface area contributed by atoms with Crippen molar-refractivity contribution in [3.8, 4) is 0 Å². The molecule has 0 spiro atoms. The number of nitrogens with zero attached hydrogens (tertiary/aromatic N) is 1. The van der Waals surface area contributed by atoms with Crippen molar-refractivity contribution in [2.24, 2.45) is 0 Å². The maximum absolute atomic E-state index is 11.3. The van der Waals surface area contributed by atoms with Gasteiger partial charge in [-0.25, -0.2) is 8.42 Å². The number of hydrogen-bond donors (Lipinski definition) is 1. The minimum absolute atomic E-state index is 0.223. The first-order chi connectivity index (χ1) is 9.40. The standard InChI is InChI=1S/C15H24N2O2S/c1-12(16-2)13-6-7-15-14(11-13)5-4-8-17(15)9-10-20(3,18)19/h6-7,11-12,16H,4-5,8-10H2,1-3H3. The minimum atomic E-state index is -2.90. The van der Waals surface area contributed by atoms with Crippen molar-refractivity contribution in [3.05, 3.63) is 29.3 Å². The van der Waals surface area contributed by atoms with Crippen LogP contribution in [0.25, 0.3) is 0 Å². The maximum atomic E-state index is 11.3. The Morgan fingerprint density at radius 2 is 2.15 bits per heavy atom. The van der Waals surface area contributed by atoms with Crippen LogP contribution in [0.2, 0.25) is 0 Å². The molecule has 2 rings (SSSR count). The van der Waals surface area contributed by atoms with Gasteiger partial charge in [0.05, 0.1) is 5.75 Å². The molecular formula is C15H24N2O2S. The van der Waals surface area contributed by atoms with E-state index in [4.69, 9.17) is 0 Å². The third-order valence-corrected chi connectivity index (χ3v) is 4.91. The monoisotopic (exact) mass is 296 g/mol. The van der Waals surface area contributed by atoms with Gasteiger partial charge in [0.15, 0.2) is 0 Å². The van der Waals surface area contributed by atoms with E-state index < -0.39 is 9.84 Å². The van der Waals surface area contributed by atoms with Gasteiger partial charge in [-0.15, -0.1) is 0 Å². The van der Waals surface area contributed by atoms with Crippen molar-refractivity contribution in [1.82, 2.24) is 5.32 Å². The summed E-state index contributed by atoms with van der Waals surface area (Å²) in [6.07, 6.45) is 3.47. The van der Waals surface area contributed by atoms with E-state index in [0.717, 1.165) is 19.4 Å². The Kier molecular flexibility index (Phi) is 4.70. The van der Waals surface area contributed by atoms with Crippen LogP contribution in [0, 0.1) is 0 Å². The second kappa shape index (κ2) is 6.14. The third kappa shape index (κ3) is 3.73. The van der Waals surface area contributed by atoms with Gasteiger partial charge in [0.1, 0.15) is 9.84 Å². The number of aryl methyl sites for hydroxylation is 1. The van der Waals surface area contributed by atoms with Gasteiger partial charge in [0.2, 0.25) is 0 Å². The van der Waals surface area contributed by atoms with Gasteiger partial charge in [0.25, 0.3) is 0 Å². The Morgan fingerprint density at radius 3 is 2.80 bits per heavy atom. The summed E-state index contributed by atoms with van der Waals surface area (Å²) in [5, 5.41) is 3.25. The Labute approximate surface area is 122 Å². The normalized spacial score (nSPS) is 16.9. The van der Waals surface area contributed by atoms with E-state index in [1.54, 1.807) is 0 Å². The SMILES string of the molecule is CNC(C)c1ccc2c(c1)CCCN2CCS(C)(=O)=O. The number of nitrogens with one attached hydrogen (secondary N) is 1. The van der Waals surface area contributed by atoms with E-state index in [1.807, 2.05) is 7.05 Å². The lowest BCUT2D eigenvalue weighted by Gasteiger charge is -2.32. The molecule has 20 heavy (non-hydrogen) atoms. The van der Waals surface area contributed by atoms with Crippen LogP contribution in [0.1, 0.15) is 30.5 Å². The molecular weight excluding hydrogens is 272 g/mol. The molecule has 0 aliphatic carbocycles. The lowest BCUT2D eigenvalue weighted by atomic mass is 9.97. The molecule has 0 saturated heterocycles. The van der Waals surface area contributed by atoms with Crippen LogP contribution in [0.3, 0.4) is 0 Å². The molecule has 0 radical (unpaired) electrons. The van der Waals surface area contributed by atoms with Crippen LogP contribution in [0.15, 0.2) is 18.2 Å². The number of fused-ring (bicyclic) bond motifs is 1. The van der Waals surface area contributed by atoms with Crippen molar-refractivity contribution in [2.75, 3.05) is 37.0 Å². The molecule has 0 aromatic heterocycles. The molecule has 1 atom stereocenters. The number of benzene rings is 1. The molecule has 5 heteroatoms. The molecule has 0 bridgehead atoms. The van der Waals surface area contributed by atoms with Crippen LogP contribution in [0.5, 0.6) is 0 Å². The minimum Gasteiger partial charge on any atom is -0.370 e. The molecule has 0 fully saturated rings. The number of hydrogen-bond acceptors (Lipinski definition) is 4. The molecule has 1 unspecified atom stereocenters. The summed E-state index contributed by atoms with van der Waals surface area (Å²) >= 11 is 0. The third-order valence-electron chi connectivity index (χ3n) is 3.98. The molecule has 1 N–H and O–H groups in total. The van der Waals surface area contributed by atoms with E-state index in [2.05, 4.69) is 35.3 Å². The average Bonchev–Trinajstić information content (AvgIpc) is 2.42. The Morgan fingerprint density at radius 1 is 1.40 bits per heavy atom. The van der Waals surface area contributed by atoms with Gasteiger partial charge >= 0.3 is 0 Å². The average molecular weight is 296 g/mol. The highest BCUT2D eigenvalue weighted by molar-refractivity contribution is 7.90. The van der Waals surface area contributed by atoms with Crippen LogP contribution in [-0.2, 0) is 16.3 Å². The van der Waals surface area contributed by atoms with Crippen molar-refractivity contribution in [2.45, 2.75) is 25.8 Å². The molecule has 0 saturated carbocycles. The van der Waals surface area contributed by atoms with E-state index >= 15 is 0 Å². The highest BCUT2D eigenvalue weighted by Gasteiger charge is 2.19. The zero-order valence-electron chi connectivity index (χ0n) is 12.5. The van der Waals surface area contributed by atoms with Crippen molar-refractivity contribution >= 4 is 15.5 Å². The zero-order chi connectivity index (χ0) is 14.8. The fraction of sp³-hybridized carbons (Fsp3) is 0.600. The maximum Gasteiger partial charge on any atom is 0.149 e. The van der Waals surface area contributed by atoms with E-state index in [9.17, 15) is 8.42 Å². The van der Waals surface area contributed by atoms with Crippen molar-refractivity contribution < 1.29 is 8.42 Å². The van der Waals surface area contributed by atoms with Gasteiger partial charge in [-0.05, 0) is 44.0 Å². The van der Waals surface area contributed by atoms with Crippen LogP contribution < -0.4 is 10.2 Å². The highest BCUT2D eigenvalue weighted by Crippen LogP contribution is 2.29. The second-order valence-corrected chi connectivity index (χ2v) is 7.88. The quantitative estimate of drug-likeness (QED) is 0.899. The summed E-state index contributed by atoms with van der Waals surface area (Å²) in [6, 6.07) is 6.87. The topological polar surface area (TPSA) is 49.4 Å². The molecule has 1 aliphatic heterocycles. The van der Waals surface area contributed by atoms with Gasteiger partial charge in [0, 0.05) is 31.1 Å². The van der Waals surface area contributed by atoms with Gasteiger partial charge in [-0.2, -0.15) is 0 Å². The Hall–Kier alpha value is -1.07. The first-order valence-electron chi connectivity index (χ1n) is 7.13. The summed E-state index contributed by atoms with van der Waals surface area (Å²) in [5.41, 5.74) is 3.83. The summed E-state index contributed by atoms with van der Waals surface area (Å²) in [4.78, 5) is 2.20. The van der Waals surface area contributed by atoms with Crippen molar-refractivity contribution in [3.63, 3.8) is 0 Å². The van der Waals surface area contributed by atoms with E-state index in [1.165, 1.54) is 23.1 Å². The predicted octanol–water partition coefficient (Wildman–Crippen LogP) is 1.76. The number of sulfone groups is 1. The fourth-order valence-corrected chi connectivity index (χ4v) is 3.19. The first kappa shape index (κ1) is 15.3. The van der Waals surface area contributed by atoms with Crippen LogP contribution in [0.4, 0.5) is 5.69 Å². The van der Waals surface area contributed by atoms with Crippen molar-refractivity contribution in [1.29, 1.82) is 0 Å². The predicted molar refractivity (Wildman–Crippen MR) is 84.2 cm³/mol. The second-order valence-electron chi connectivity index (χ2n) is 5.62. The zero-order valence-corrected chi connectivity index (χ0v) is 13.3. The molecule has 1 aromatic rings. The highest BCUT2D eigenvalue weighted by atomic mass is 32.2. The molecule has 1 aromatic carbocycles. The molecule has 4 nitrogen and oxygen atoms in total. The van der Waals surface area contributed by atoms with Gasteiger partial charge in [-0.1, -0.05) is 12.1 Å². The Balaban J connectivity index is 2.19. The van der Waals surface area contributed by atoms with E-state index in [-0.39, 0.29) is 5.75 Å². The summed E-state index contributed by atoms with van der Waals surface area (Å²) in [7, 11) is -0.942. The van der Waals surface area contributed by atoms with Crippen LogP contribution >= 0.6 is 0 Å². The van der Waals surface area contributed by atoms with Gasteiger partial charge < -0.3 is 10.2 Å². The first-order valence-corrected chi connectivity index (χ1v) is 9.19. The molecule has 0 amide bonds. The lowest BCUT2D eigenvalue weighted by Crippen LogP contribution is -2.33.